The van der Waals surface area contributed by atoms with Crippen molar-refractivity contribution in [2.45, 2.75) is 19.0 Å². The molecule has 0 bridgehead atoms. The Morgan fingerprint density at radius 1 is 1.06 bits per heavy atom. The Bertz CT molecular complexity index is 1300. The van der Waals surface area contributed by atoms with Crippen LogP contribution in [-0.2, 0) is 24.4 Å². The van der Waals surface area contributed by atoms with Crippen LogP contribution in [0, 0.1) is 5.82 Å². The van der Waals surface area contributed by atoms with E-state index in [0.29, 0.717) is 17.5 Å². The molecule has 0 unspecified atom stereocenters. The fraction of sp³-hybridized carbons (Fsp3) is 0.208. The monoisotopic (exact) mass is 457 g/mol. The van der Waals surface area contributed by atoms with Crippen LogP contribution in [0.1, 0.15) is 17.5 Å². The molecule has 2 aromatic carbocycles. The number of ether oxygens (including phenoxy) is 1. The minimum absolute atomic E-state index is 0.00844. The molecule has 4 rings (SSSR count). The van der Waals surface area contributed by atoms with Gasteiger partial charge in [-0.05, 0) is 24.1 Å². The number of pyridine rings is 1. The van der Waals surface area contributed by atoms with Gasteiger partial charge < -0.3 is 4.74 Å². The van der Waals surface area contributed by atoms with E-state index in [1.807, 2.05) is 0 Å². The van der Waals surface area contributed by atoms with E-state index in [0.717, 1.165) is 6.07 Å². The second kappa shape index (κ2) is 9.01. The maximum Gasteiger partial charge on any atom is 0.417 e. The highest BCUT2D eigenvalue weighted by molar-refractivity contribution is 5.94. The Labute approximate surface area is 186 Å². The molecule has 0 aliphatic rings. The molecular formula is C24H19F4N3O2. The number of Topliss-reactive ketones (excluding diaryl/α,β-unsaturated/α-hetero) is 1. The first kappa shape index (κ1) is 22.4. The standard InChI is InChI=1S/C24H19F4N3O2/c1-31-23-21(22(30-31)16-7-3-2-4-8-16)19(24(26,27)28)13-20(29-23)33-14-18(32)11-10-15-6-5-9-17(25)12-15/h2-9,12-13H,10-11,14H2,1H3. The average molecular weight is 457 g/mol. The third-order valence-corrected chi connectivity index (χ3v) is 5.09. The summed E-state index contributed by atoms with van der Waals surface area (Å²) in [4.78, 5) is 16.4. The third kappa shape index (κ3) is 5.02. The highest BCUT2D eigenvalue weighted by Crippen LogP contribution is 2.40. The summed E-state index contributed by atoms with van der Waals surface area (Å²) in [5.41, 5.74) is 0.375. The van der Waals surface area contributed by atoms with E-state index in [-0.39, 0.29) is 34.8 Å². The molecule has 0 atom stereocenters. The molecule has 0 fully saturated rings. The number of carbonyl (C=O) groups is 1. The summed E-state index contributed by atoms with van der Waals surface area (Å²) in [7, 11) is 1.50. The molecule has 9 heteroatoms. The van der Waals surface area contributed by atoms with E-state index < -0.39 is 24.2 Å². The number of halogens is 4. The summed E-state index contributed by atoms with van der Waals surface area (Å²) >= 11 is 0. The van der Waals surface area contributed by atoms with Crippen LogP contribution >= 0.6 is 0 Å². The van der Waals surface area contributed by atoms with Gasteiger partial charge in [-0.3, -0.25) is 4.79 Å². The van der Waals surface area contributed by atoms with Crippen LogP contribution in [0.2, 0.25) is 0 Å². The van der Waals surface area contributed by atoms with Gasteiger partial charge in [-0.1, -0.05) is 42.5 Å². The number of alkyl halides is 3. The fourth-order valence-corrected chi connectivity index (χ4v) is 3.52. The Morgan fingerprint density at radius 3 is 2.52 bits per heavy atom. The molecule has 0 N–H and O–H groups in total. The van der Waals surface area contributed by atoms with Crippen molar-refractivity contribution >= 4 is 16.8 Å². The summed E-state index contributed by atoms with van der Waals surface area (Å²) in [5.74, 6) is -1.07. The molecule has 4 aromatic rings. The van der Waals surface area contributed by atoms with Crippen molar-refractivity contribution in [3.8, 4) is 17.1 Å². The number of hydrogen-bond acceptors (Lipinski definition) is 4. The highest BCUT2D eigenvalue weighted by atomic mass is 19.4. The highest BCUT2D eigenvalue weighted by Gasteiger charge is 2.36. The summed E-state index contributed by atoms with van der Waals surface area (Å²) in [6.07, 6.45) is -4.34. The van der Waals surface area contributed by atoms with Gasteiger partial charge in [0.1, 0.15) is 18.1 Å². The molecule has 0 aliphatic carbocycles. The van der Waals surface area contributed by atoms with E-state index >= 15 is 0 Å². The summed E-state index contributed by atoms with van der Waals surface area (Å²) in [6.45, 7) is -0.450. The number of fused-ring (bicyclic) bond motifs is 1. The predicted molar refractivity (Wildman–Crippen MR) is 114 cm³/mol. The molecule has 0 saturated heterocycles. The summed E-state index contributed by atoms with van der Waals surface area (Å²) in [6, 6.07) is 15.2. The molecule has 2 heterocycles. The van der Waals surface area contributed by atoms with Gasteiger partial charge in [0.15, 0.2) is 11.4 Å². The van der Waals surface area contributed by atoms with Gasteiger partial charge in [0.05, 0.1) is 10.9 Å². The number of ketones is 1. The number of aromatic nitrogens is 3. The first-order valence-corrected chi connectivity index (χ1v) is 10.1. The van der Waals surface area contributed by atoms with Crippen molar-refractivity contribution in [1.82, 2.24) is 14.8 Å². The van der Waals surface area contributed by atoms with Gasteiger partial charge in [-0.15, -0.1) is 0 Å². The predicted octanol–water partition coefficient (Wildman–Crippen LogP) is 5.37. The molecule has 0 amide bonds. The molecule has 5 nitrogen and oxygen atoms in total. The lowest BCUT2D eigenvalue weighted by molar-refractivity contribution is -0.136. The first-order chi connectivity index (χ1) is 15.7. The van der Waals surface area contributed by atoms with Crippen molar-refractivity contribution in [2.75, 3.05) is 6.61 Å². The SMILES string of the molecule is Cn1nc(-c2ccccc2)c2c(C(F)(F)F)cc(OCC(=O)CCc3cccc(F)c3)nc21. The van der Waals surface area contributed by atoms with E-state index in [1.165, 1.54) is 23.9 Å². The zero-order chi connectivity index (χ0) is 23.6. The Kier molecular flexibility index (Phi) is 6.13. The molecular weight excluding hydrogens is 438 g/mol. The van der Waals surface area contributed by atoms with E-state index in [1.54, 1.807) is 42.5 Å². The number of nitrogens with zero attached hydrogens (tertiary/aromatic N) is 3. The second-order valence-electron chi connectivity index (χ2n) is 7.50. The number of aryl methyl sites for hydroxylation is 2. The van der Waals surface area contributed by atoms with Crippen LogP contribution in [0.25, 0.3) is 22.3 Å². The zero-order valence-electron chi connectivity index (χ0n) is 17.6. The first-order valence-electron chi connectivity index (χ1n) is 10.1. The topological polar surface area (TPSA) is 57.0 Å². The van der Waals surface area contributed by atoms with Crippen molar-refractivity contribution in [1.29, 1.82) is 0 Å². The Balaban J connectivity index is 1.59. The minimum Gasteiger partial charge on any atom is -0.470 e. The smallest absolute Gasteiger partial charge is 0.417 e. The molecule has 33 heavy (non-hydrogen) atoms. The number of carbonyl (C=O) groups excluding carboxylic acids is 1. The minimum atomic E-state index is -4.69. The van der Waals surface area contributed by atoms with Gasteiger partial charge in [0.25, 0.3) is 0 Å². The molecule has 0 radical (unpaired) electrons. The summed E-state index contributed by atoms with van der Waals surface area (Å²) < 4.78 is 61.6. The largest absolute Gasteiger partial charge is 0.470 e. The Hall–Kier alpha value is -3.75. The van der Waals surface area contributed by atoms with Crippen molar-refractivity contribution in [3.63, 3.8) is 0 Å². The van der Waals surface area contributed by atoms with Gasteiger partial charge in [-0.2, -0.15) is 23.3 Å². The second-order valence-corrected chi connectivity index (χ2v) is 7.50. The number of hydrogen-bond donors (Lipinski definition) is 0. The molecule has 2 aromatic heterocycles. The maximum atomic E-state index is 13.9. The maximum absolute atomic E-state index is 13.9. The normalized spacial score (nSPS) is 11.7. The van der Waals surface area contributed by atoms with Crippen LogP contribution in [0.3, 0.4) is 0 Å². The fourth-order valence-electron chi connectivity index (χ4n) is 3.52. The molecule has 0 saturated carbocycles. The van der Waals surface area contributed by atoms with Gasteiger partial charge in [0.2, 0.25) is 5.88 Å². The van der Waals surface area contributed by atoms with Gasteiger partial charge >= 0.3 is 6.18 Å². The van der Waals surface area contributed by atoms with Crippen molar-refractivity contribution < 1.29 is 27.1 Å². The molecule has 0 spiro atoms. The third-order valence-electron chi connectivity index (χ3n) is 5.09. The van der Waals surface area contributed by atoms with E-state index in [2.05, 4.69) is 10.1 Å². The van der Waals surface area contributed by atoms with Gasteiger partial charge in [-0.25, -0.2) is 9.07 Å². The van der Waals surface area contributed by atoms with Crippen LogP contribution in [0.4, 0.5) is 17.6 Å². The summed E-state index contributed by atoms with van der Waals surface area (Å²) in [5, 5.41) is 4.10. The lowest BCUT2D eigenvalue weighted by atomic mass is 10.0. The van der Waals surface area contributed by atoms with Crippen LogP contribution in [-0.4, -0.2) is 27.2 Å². The molecule has 0 aliphatic heterocycles. The van der Waals surface area contributed by atoms with Crippen LogP contribution in [0.5, 0.6) is 5.88 Å². The Morgan fingerprint density at radius 2 is 1.82 bits per heavy atom. The molecule has 170 valence electrons. The number of rotatable bonds is 7. The quantitative estimate of drug-likeness (QED) is 0.350. The lowest BCUT2D eigenvalue weighted by Gasteiger charge is -2.12. The zero-order valence-corrected chi connectivity index (χ0v) is 17.6. The van der Waals surface area contributed by atoms with Crippen LogP contribution in [0.15, 0.2) is 60.7 Å². The lowest BCUT2D eigenvalue weighted by Crippen LogP contribution is -2.14. The van der Waals surface area contributed by atoms with Crippen LogP contribution < -0.4 is 4.74 Å². The average Bonchev–Trinajstić information content (AvgIpc) is 3.12. The van der Waals surface area contributed by atoms with E-state index in [4.69, 9.17) is 4.74 Å². The van der Waals surface area contributed by atoms with E-state index in [9.17, 15) is 22.4 Å². The van der Waals surface area contributed by atoms with Gasteiger partial charge in [0, 0.05) is 25.1 Å². The van der Waals surface area contributed by atoms with Crippen molar-refractivity contribution in [2.24, 2.45) is 7.05 Å². The number of benzene rings is 2. The van der Waals surface area contributed by atoms with Crippen molar-refractivity contribution in [3.05, 3.63) is 77.6 Å².